The van der Waals surface area contributed by atoms with Gasteiger partial charge >= 0.3 is 0 Å². The van der Waals surface area contributed by atoms with Gasteiger partial charge in [0.05, 0.1) is 5.60 Å². The van der Waals surface area contributed by atoms with Crippen molar-refractivity contribution in [3.05, 3.63) is 41.5 Å². The quantitative estimate of drug-likeness (QED) is 0.591. The second-order valence-corrected chi connectivity index (χ2v) is 11.3. The van der Waals surface area contributed by atoms with E-state index in [0.717, 1.165) is 42.7 Å². The lowest BCUT2D eigenvalue weighted by Gasteiger charge is -2.61. The minimum Gasteiger partial charge on any atom is -0.390 e. The Kier molecular flexibility index (Phi) is 4.41. The molecule has 7 atom stereocenters. The molecule has 0 aromatic heterocycles. The molecular weight excluding hydrogens is 356 g/mol. The van der Waals surface area contributed by atoms with Gasteiger partial charge in [0.1, 0.15) is 0 Å². The summed E-state index contributed by atoms with van der Waals surface area (Å²) in [4.78, 5) is 13.0. The van der Waals surface area contributed by atoms with Crippen LogP contribution in [-0.4, -0.2) is 16.5 Å². The van der Waals surface area contributed by atoms with Crippen LogP contribution >= 0.6 is 0 Å². The lowest BCUT2D eigenvalue weighted by Crippen LogP contribution is -2.56. The molecule has 1 N–H and O–H groups in total. The molecule has 2 nitrogen and oxygen atoms in total. The molecule has 0 radical (unpaired) electrons. The van der Waals surface area contributed by atoms with Crippen molar-refractivity contribution >= 4 is 11.9 Å². The van der Waals surface area contributed by atoms with Crippen LogP contribution in [0.3, 0.4) is 0 Å². The number of Topliss-reactive ketones (excluding diaryl/α,β-unsaturated/α-hetero) is 1. The summed E-state index contributed by atoms with van der Waals surface area (Å²) in [7, 11) is 0. The summed E-state index contributed by atoms with van der Waals surface area (Å²) in [5.41, 5.74) is 1.98. The lowest BCUT2D eigenvalue weighted by atomic mass is 9.44. The van der Waals surface area contributed by atoms with E-state index in [4.69, 9.17) is 0 Å². The smallest absolute Gasteiger partial charge is 0.159 e. The van der Waals surface area contributed by atoms with Crippen molar-refractivity contribution in [2.24, 2.45) is 34.5 Å². The van der Waals surface area contributed by atoms with E-state index in [2.05, 4.69) is 51.1 Å². The molecule has 0 spiro atoms. The molecule has 4 aliphatic rings. The molecule has 0 aliphatic heterocycles. The average Bonchev–Trinajstić information content (AvgIpc) is 2.93. The minimum absolute atomic E-state index is 0.0740. The number of aliphatic hydroxyl groups is 1. The Bertz CT molecular complexity index is 837. The molecular formula is C27H36O2. The number of rotatable bonds is 1. The van der Waals surface area contributed by atoms with Gasteiger partial charge in [0.15, 0.2) is 5.78 Å². The number of carbonyl (C=O) groups excluding carboxylic acids is 1. The molecule has 5 rings (SSSR count). The van der Waals surface area contributed by atoms with Crippen molar-refractivity contribution in [3.8, 4) is 0 Å². The Labute approximate surface area is 175 Å². The number of carbonyl (C=O) groups is 1. The molecule has 2 heteroatoms. The number of benzene rings is 1. The third-order valence-electron chi connectivity index (χ3n) is 10.1. The second kappa shape index (κ2) is 6.54. The van der Waals surface area contributed by atoms with Crippen LogP contribution in [0.15, 0.2) is 35.9 Å². The Hall–Kier alpha value is -1.41. The lowest BCUT2D eigenvalue weighted by molar-refractivity contribution is -0.147. The summed E-state index contributed by atoms with van der Waals surface area (Å²) in [5.74, 6) is 2.97. The van der Waals surface area contributed by atoms with E-state index in [1.54, 1.807) is 0 Å². The molecule has 0 saturated heterocycles. The van der Waals surface area contributed by atoms with Crippen LogP contribution in [0.5, 0.6) is 0 Å². The number of hydrogen-bond acceptors (Lipinski definition) is 2. The fourth-order valence-corrected chi connectivity index (χ4v) is 8.13. The first-order valence-corrected chi connectivity index (χ1v) is 11.8. The first-order chi connectivity index (χ1) is 13.7. The van der Waals surface area contributed by atoms with Crippen molar-refractivity contribution in [1.82, 2.24) is 0 Å². The first kappa shape index (κ1) is 19.5. The van der Waals surface area contributed by atoms with E-state index in [1.165, 1.54) is 25.7 Å². The maximum Gasteiger partial charge on any atom is 0.159 e. The van der Waals surface area contributed by atoms with Crippen molar-refractivity contribution in [2.75, 3.05) is 0 Å². The third-order valence-corrected chi connectivity index (χ3v) is 10.1. The highest BCUT2D eigenvalue weighted by molar-refractivity contribution is 6.00. The van der Waals surface area contributed by atoms with E-state index >= 15 is 0 Å². The Balaban J connectivity index is 1.46. The SMILES string of the molecule is C[C@]12C/C(=C\c3ccccc3)C(=O)C[C@@H]1CC[C@H]1[C@H]3CC[C@](C)(O)[C@]3(C)CC[C@@H]12. The zero-order valence-corrected chi connectivity index (χ0v) is 18.3. The minimum atomic E-state index is -0.513. The summed E-state index contributed by atoms with van der Waals surface area (Å²) in [6.45, 7) is 6.94. The van der Waals surface area contributed by atoms with Crippen LogP contribution < -0.4 is 0 Å². The molecule has 0 amide bonds. The van der Waals surface area contributed by atoms with Gasteiger partial charge in [-0.1, -0.05) is 44.2 Å². The molecule has 29 heavy (non-hydrogen) atoms. The largest absolute Gasteiger partial charge is 0.390 e. The highest BCUT2D eigenvalue weighted by atomic mass is 16.3. The van der Waals surface area contributed by atoms with Crippen molar-refractivity contribution in [1.29, 1.82) is 0 Å². The predicted molar refractivity (Wildman–Crippen MR) is 117 cm³/mol. The van der Waals surface area contributed by atoms with Gasteiger partial charge in [-0.25, -0.2) is 0 Å². The Morgan fingerprint density at radius 1 is 0.966 bits per heavy atom. The van der Waals surface area contributed by atoms with Gasteiger partial charge in [-0.2, -0.15) is 0 Å². The fraction of sp³-hybridized carbons (Fsp3) is 0.667. The van der Waals surface area contributed by atoms with E-state index in [0.29, 0.717) is 23.5 Å². The number of hydrogen-bond donors (Lipinski definition) is 1. The monoisotopic (exact) mass is 392 g/mol. The molecule has 4 saturated carbocycles. The molecule has 0 bridgehead atoms. The number of fused-ring (bicyclic) bond motifs is 5. The maximum absolute atomic E-state index is 13.0. The summed E-state index contributed by atoms with van der Waals surface area (Å²) >= 11 is 0. The summed E-state index contributed by atoms with van der Waals surface area (Å²) < 4.78 is 0. The van der Waals surface area contributed by atoms with Crippen LogP contribution in [0.2, 0.25) is 0 Å². The third kappa shape index (κ3) is 2.81. The molecule has 4 fully saturated rings. The van der Waals surface area contributed by atoms with Crippen molar-refractivity contribution in [2.45, 2.75) is 77.7 Å². The van der Waals surface area contributed by atoms with Crippen LogP contribution in [0, 0.1) is 34.5 Å². The standard InChI is InChI=1S/C27H36O2/c1-25-17-19(15-18-7-5-4-6-8-18)24(28)16-20(25)9-10-21-22(25)11-13-26(2)23(21)12-14-27(26,3)29/h4-8,15,20-23,29H,9-14,16-17H2,1-3H3/b19-15+/t20-,21+,22-,23+,25-,26+,27-/m0/s1. The summed E-state index contributed by atoms with van der Waals surface area (Å²) in [5, 5.41) is 11.1. The zero-order chi connectivity index (χ0) is 20.4. The second-order valence-electron chi connectivity index (χ2n) is 11.3. The van der Waals surface area contributed by atoms with Gasteiger partial charge in [0.2, 0.25) is 0 Å². The predicted octanol–water partition coefficient (Wildman–Crippen LogP) is 6.04. The van der Waals surface area contributed by atoms with Crippen LogP contribution in [-0.2, 0) is 4.79 Å². The highest BCUT2D eigenvalue weighted by Crippen LogP contribution is 2.68. The highest BCUT2D eigenvalue weighted by Gasteiger charge is 2.63. The number of ketones is 1. The molecule has 1 aromatic carbocycles. The number of allylic oxidation sites excluding steroid dienone is 1. The van der Waals surface area contributed by atoms with Gasteiger partial charge in [-0.15, -0.1) is 0 Å². The van der Waals surface area contributed by atoms with Crippen molar-refractivity contribution < 1.29 is 9.90 Å². The topological polar surface area (TPSA) is 37.3 Å². The van der Waals surface area contributed by atoms with Gasteiger partial charge in [-0.05, 0) is 104 Å². The Morgan fingerprint density at radius 2 is 1.69 bits per heavy atom. The summed E-state index contributed by atoms with van der Waals surface area (Å²) in [6.07, 6.45) is 10.8. The van der Waals surface area contributed by atoms with E-state index in [1.807, 2.05) is 6.07 Å². The van der Waals surface area contributed by atoms with Crippen molar-refractivity contribution in [3.63, 3.8) is 0 Å². The Morgan fingerprint density at radius 3 is 2.45 bits per heavy atom. The van der Waals surface area contributed by atoms with E-state index in [-0.39, 0.29) is 10.8 Å². The average molecular weight is 393 g/mol. The maximum atomic E-state index is 13.0. The van der Waals surface area contributed by atoms with Gasteiger partial charge < -0.3 is 5.11 Å². The van der Waals surface area contributed by atoms with Crippen LogP contribution in [0.25, 0.3) is 6.08 Å². The van der Waals surface area contributed by atoms with Crippen LogP contribution in [0.4, 0.5) is 0 Å². The summed E-state index contributed by atoms with van der Waals surface area (Å²) in [6, 6.07) is 10.3. The molecule has 156 valence electrons. The fourth-order valence-electron chi connectivity index (χ4n) is 8.13. The van der Waals surface area contributed by atoms with Crippen LogP contribution in [0.1, 0.15) is 77.7 Å². The molecule has 0 unspecified atom stereocenters. The van der Waals surface area contributed by atoms with Gasteiger partial charge in [-0.3, -0.25) is 4.79 Å². The van der Waals surface area contributed by atoms with Gasteiger partial charge in [0.25, 0.3) is 0 Å². The zero-order valence-electron chi connectivity index (χ0n) is 18.3. The van der Waals surface area contributed by atoms with E-state index in [9.17, 15) is 9.90 Å². The van der Waals surface area contributed by atoms with E-state index < -0.39 is 5.60 Å². The molecule has 0 heterocycles. The first-order valence-electron chi connectivity index (χ1n) is 11.8. The van der Waals surface area contributed by atoms with Gasteiger partial charge in [0, 0.05) is 6.42 Å². The molecule has 4 aliphatic carbocycles. The molecule has 1 aromatic rings. The normalized spacial score (nSPS) is 48.1.